The molecule has 0 unspecified atom stereocenters. The lowest BCUT2D eigenvalue weighted by Crippen LogP contribution is -2.44. The first-order valence-electron chi connectivity index (χ1n) is 8.30. The molecule has 0 aliphatic heterocycles. The van der Waals surface area contributed by atoms with E-state index >= 15 is 0 Å². The smallest absolute Gasteiger partial charge is 0.321 e. The van der Waals surface area contributed by atoms with Crippen LogP contribution in [0.3, 0.4) is 0 Å². The monoisotopic (exact) mass is 334 g/mol. The minimum Gasteiger partial charge on any atom is -0.378 e. The Labute approximate surface area is 145 Å². The number of amides is 3. The average molecular weight is 334 g/mol. The topological polar surface area (TPSA) is 64.7 Å². The molecule has 6 heteroatoms. The van der Waals surface area contributed by atoms with Crippen molar-refractivity contribution < 1.29 is 9.59 Å². The number of anilines is 1. The summed E-state index contributed by atoms with van der Waals surface area (Å²) in [6.07, 6.45) is 0.893. The van der Waals surface area contributed by atoms with Crippen LogP contribution in [0.2, 0.25) is 0 Å². The summed E-state index contributed by atoms with van der Waals surface area (Å²) in [7, 11) is 5.85. The number of benzene rings is 1. The van der Waals surface area contributed by atoms with Crippen molar-refractivity contribution in [3.05, 3.63) is 29.8 Å². The predicted octanol–water partition coefficient (Wildman–Crippen LogP) is 2.06. The summed E-state index contributed by atoms with van der Waals surface area (Å²) in [6, 6.07) is 7.76. The van der Waals surface area contributed by atoms with Crippen molar-refractivity contribution in [3.63, 3.8) is 0 Å². The lowest BCUT2D eigenvalue weighted by atomic mass is 10.1. The molecule has 3 amide bonds. The van der Waals surface area contributed by atoms with Gasteiger partial charge in [0, 0.05) is 32.9 Å². The molecule has 0 atom stereocenters. The summed E-state index contributed by atoms with van der Waals surface area (Å²) in [5, 5.41) is 5.05. The molecule has 1 aromatic rings. The maximum atomic E-state index is 11.9. The van der Waals surface area contributed by atoms with Crippen LogP contribution in [-0.4, -0.2) is 51.1 Å². The molecule has 0 spiro atoms. The number of carbonyl (C=O) groups excluding carboxylic acids is 2. The summed E-state index contributed by atoms with van der Waals surface area (Å²) in [6.45, 7) is 5.57. The molecule has 0 saturated carbocycles. The molecule has 1 rings (SSSR count). The van der Waals surface area contributed by atoms with Crippen molar-refractivity contribution in [1.29, 1.82) is 0 Å². The number of imide groups is 1. The minimum absolute atomic E-state index is 0.174. The highest BCUT2D eigenvalue weighted by molar-refractivity contribution is 5.95. The maximum absolute atomic E-state index is 11.9. The van der Waals surface area contributed by atoms with Crippen LogP contribution in [0.4, 0.5) is 10.5 Å². The standard InChI is InChI=1S/C18H30N4O2/c1-14(2)10-11-19-18(24)20-17(23)13-22(5)12-15-6-8-16(9-7-15)21(3)4/h6-9,14H,10-13H2,1-5H3,(H2,19,20,23,24). The molecule has 0 fully saturated rings. The van der Waals surface area contributed by atoms with Crippen molar-refractivity contribution >= 4 is 17.6 Å². The zero-order valence-corrected chi connectivity index (χ0v) is 15.4. The number of rotatable bonds is 8. The highest BCUT2D eigenvalue weighted by atomic mass is 16.2. The van der Waals surface area contributed by atoms with Gasteiger partial charge in [-0.2, -0.15) is 0 Å². The normalized spacial score (nSPS) is 10.8. The fraction of sp³-hybridized carbons (Fsp3) is 0.556. The number of nitrogens with one attached hydrogen (secondary N) is 2. The summed E-state index contributed by atoms with van der Waals surface area (Å²) in [5.74, 6) is 0.218. The molecular weight excluding hydrogens is 304 g/mol. The highest BCUT2D eigenvalue weighted by Gasteiger charge is 2.11. The van der Waals surface area contributed by atoms with E-state index in [2.05, 4.69) is 24.5 Å². The zero-order valence-electron chi connectivity index (χ0n) is 15.4. The lowest BCUT2D eigenvalue weighted by molar-refractivity contribution is -0.120. The van der Waals surface area contributed by atoms with Crippen LogP contribution in [-0.2, 0) is 11.3 Å². The molecule has 0 radical (unpaired) electrons. The van der Waals surface area contributed by atoms with Gasteiger partial charge in [-0.3, -0.25) is 15.0 Å². The fourth-order valence-corrected chi connectivity index (χ4v) is 2.20. The maximum Gasteiger partial charge on any atom is 0.321 e. The molecule has 0 heterocycles. The molecule has 0 aliphatic carbocycles. The third-order valence-corrected chi connectivity index (χ3v) is 3.58. The quantitative estimate of drug-likeness (QED) is 0.764. The molecule has 0 aliphatic rings. The molecule has 134 valence electrons. The number of nitrogens with zero attached hydrogens (tertiary/aromatic N) is 2. The van der Waals surface area contributed by atoms with E-state index in [0.29, 0.717) is 19.0 Å². The second-order valence-corrected chi connectivity index (χ2v) is 6.72. The Morgan fingerprint density at radius 3 is 2.25 bits per heavy atom. The van der Waals surface area contributed by atoms with Crippen molar-refractivity contribution in [2.45, 2.75) is 26.8 Å². The third kappa shape index (κ3) is 7.97. The van der Waals surface area contributed by atoms with E-state index < -0.39 is 6.03 Å². The van der Waals surface area contributed by atoms with E-state index in [1.807, 2.05) is 55.2 Å². The average Bonchev–Trinajstić information content (AvgIpc) is 2.46. The van der Waals surface area contributed by atoms with Crippen LogP contribution in [0, 0.1) is 5.92 Å². The van der Waals surface area contributed by atoms with Crippen molar-refractivity contribution in [1.82, 2.24) is 15.5 Å². The van der Waals surface area contributed by atoms with E-state index in [0.717, 1.165) is 17.7 Å². The fourth-order valence-electron chi connectivity index (χ4n) is 2.20. The van der Waals surface area contributed by atoms with Crippen LogP contribution in [0.1, 0.15) is 25.8 Å². The Morgan fingerprint density at radius 2 is 1.71 bits per heavy atom. The highest BCUT2D eigenvalue weighted by Crippen LogP contribution is 2.13. The van der Waals surface area contributed by atoms with Crippen LogP contribution in [0.5, 0.6) is 0 Å². The molecule has 6 nitrogen and oxygen atoms in total. The zero-order chi connectivity index (χ0) is 18.1. The van der Waals surface area contributed by atoms with Gasteiger partial charge in [0.2, 0.25) is 5.91 Å². The molecular formula is C18H30N4O2. The molecule has 0 bridgehead atoms. The molecule has 0 aromatic heterocycles. The van der Waals surface area contributed by atoms with Crippen molar-refractivity contribution in [2.24, 2.45) is 5.92 Å². The van der Waals surface area contributed by atoms with Gasteiger partial charge < -0.3 is 10.2 Å². The van der Waals surface area contributed by atoms with E-state index in [-0.39, 0.29) is 12.5 Å². The summed E-state index contributed by atoms with van der Waals surface area (Å²) < 4.78 is 0. The van der Waals surface area contributed by atoms with Gasteiger partial charge in [0.25, 0.3) is 0 Å². The summed E-state index contributed by atoms with van der Waals surface area (Å²) in [5.41, 5.74) is 2.26. The van der Waals surface area contributed by atoms with Gasteiger partial charge in [-0.25, -0.2) is 4.79 Å². The first-order chi connectivity index (χ1) is 11.3. The molecule has 1 aromatic carbocycles. The number of likely N-dealkylation sites (N-methyl/N-ethyl adjacent to an activating group) is 1. The van der Waals surface area contributed by atoms with Gasteiger partial charge in [-0.05, 0) is 37.1 Å². The van der Waals surface area contributed by atoms with Gasteiger partial charge in [0.15, 0.2) is 0 Å². The second kappa shape index (κ2) is 9.93. The summed E-state index contributed by atoms with van der Waals surface area (Å²) in [4.78, 5) is 27.4. The van der Waals surface area contributed by atoms with Crippen molar-refractivity contribution in [2.75, 3.05) is 39.1 Å². The Bertz CT molecular complexity index is 526. The minimum atomic E-state index is -0.426. The SMILES string of the molecule is CC(C)CCNC(=O)NC(=O)CN(C)Cc1ccc(N(C)C)cc1. The van der Waals surface area contributed by atoms with Gasteiger partial charge in [-0.1, -0.05) is 26.0 Å². The Hall–Kier alpha value is -2.08. The number of urea groups is 1. The number of carbonyl (C=O) groups is 2. The van der Waals surface area contributed by atoms with E-state index in [1.165, 1.54) is 0 Å². The van der Waals surface area contributed by atoms with Gasteiger partial charge in [-0.15, -0.1) is 0 Å². The van der Waals surface area contributed by atoms with Crippen LogP contribution in [0.15, 0.2) is 24.3 Å². The van der Waals surface area contributed by atoms with Gasteiger partial charge >= 0.3 is 6.03 Å². The first-order valence-corrected chi connectivity index (χ1v) is 8.30. The van der Waals surface area contributed by atoms with Crippen LogP contribution < -0.4 is 15.5 Å². The van der Waals surface area contributed by atoms with E-state index in [4.69, 9.17) is 0 Å². The van der Waals surface area contributed by atoms with Gasteiger partial charge in [0.05, 0.1) is 6.54 Å². The first kappa shape index (κ1) is 20.0. The van der Waals surface area contributed by atoms with E-state index in [1.54, 1.807) is 0 Å². The lowest BCUT2D eigenvalue weighted by Gasteiger charge is -2.17. The second-order valence-electron chi connectivity index (χ2n) is 6.72. The largest absolute Gasteiger partial charge is 0.378 e. The van der Waals surface area contributed by atoms with E-state index in [9.17, 15) is 9.59 Å². The molecule has 2 N–H and O–H groups in total. The molecule has 24 heavy (non-hydrogen) atoms. The Balaban J connectivity index is 2.34. The Morgan fingerprint density at radius 1 is 1.08 bits per heavy atom. The van der Waals surface area contributed by atoms with Crippen LogP contribution >= 0.6 is 0 Å². The van der Waals surface area contributed by atoms with Gasteiger partial charge in [0.1, 0.15) is 0 Å². The summed E-state index contributed by atoms with van der Waals surface area (Å²) >= 11 is 0. The number of hydrogen-bond acceptors (Lipinski definition) is 4. The number of hydrogen-bond donors (Lipinski definition) is 2. The van der Waals surface area contributed by atoms with Crippen LogP contribution in [0.25, 0.3) is 0 Å². The predicted molar refractivity (Wildman–Crippen MR) is 98.1 cm³/mol. The Kier molecular flexibility index (Phi) is 8.26. The van der Waals surface area contributed by atoms with Crippen molar-refractivity contribution in [3.8, 4) is 0 Å². The third-order valence-electron chi connectivity index (χ3n) is 3.58. The molecule has 0 saturated heterocycles.